The van der Waals surface area contributed by atoms with E-state index in [0.29, 0.717) is 6.04 Å². The summed E-state index contributed by atoms with van der Waals surface area (Å²) in [5.74, 6) is 0.805. The van der Waals surface area contributed by atoms with Crippen LogP contribution in [0.4, 0.5) is 5.95 Å². The molecule has 0 radical (unpaired) electrons. The van der Waals surface area contributed by atoms with E-state index in [-0.39, 0.29) is 0 Å². The van der Waals surface area contributed by atoms with Crippen LogP contribution in [0.5, 0.6) is 0 Å². The molecule has 6 heteroatoms. The van der Waals surface area contributed by atoms with Crippen molar-refractivity contribution in [3.05, 3.63) is 63.3 Å². The molecule has 1 saturated heterocycles. The Morgan fingerprint density at radius 3 is 2.72 bits per heavy atom. The monoisotopic (exact) mass is 460 g/mol. The number of nitrogens with one attached hydrogen (secondary N) is 1. The third-order valence-corrected chi connectivity index (χ3v) is 5.95. The van der Waals surface area contributed by atoms with E-state index >= 15 is 0 Å². The Hall–Kier alpha value is -1.50. The molecule has 0 saturated carbocycles. The van der Waals surface area contributed by atoms with Crippen LogP contribution in [0.25, 0.3) is 10.8 Å². The molecule has 1 aromatic heterocycles. The van der Waals surface area contributed by atoms with Crippen LogP contribution < -0.4 is 10.2 Å². The van der Waals surface area contributed by atoms with Crippen LogP contribution in [-0.4, -0.2) is 29.1 Å². The zero-order valence-electron chi connectivity index (χ0n) is 13.6. The summed E-state index contributed by atoms with van der Waals surface area (Å²) in [6.07, 6.45) is 4.70. The van der Waals surface area contributed by atoms with Crippen molar-refractivity contribution in [3.8, 4) is 0 Å². The molecular formula is C19H18Br2N4. The third-order valence-electron chi connectivity index (χ3n) is 4.60. The summed E-state index contributed by atoms with van der Waals surface area (Å²) in [6, 6.07) is 13.3. The molecule has 4 nitrogen and oxygen atoms in total. The van der Waals surface area contributed by atoms with Gasteiger partial charge in [0.15, 0.2) is 0 Å². The topological polar surface area (TPSA) is 41.1 Å². The summed E-state index contributed by atoms with van der Waals surface area (Å²) >= 11 is 7.15. The molecule has 128 valence electrons. The lowest BCUT2D eigenvalue weighted by molar-refractivity contribution is 0.550. The molecular weight excluding hydrogens is 444 g/mol. The van der Waals surface area contributed by atoms with Gasteiger partial charge in [-0.15, -0.1) is 0 Å². The molecule has 1 atom stereocenters. The molecule has 0 amide bonds. The molecule has 25 heavy (non-hydrogen) atoms. The smallest absolute Gasteiger partial charge is 0.225 e. The molecule has 1 aliphatic heterocycles. The normalized spacial score (nSPS) is 17.4. The Morgan fingerprint density at radius 1 is 1.08 bits per heavy atom. The van der Waals surface area contributed by atoms with Gasteiger partial charge in [-0.3, -0.25) is 0 Å². The van der Waals surface area contributed by atoms with E-state index in [1.54, 1.807) is 12.4 Å². The van der Waals surface area contributed by atoms with Crippen molar-refractivity contribution in [2.75, 3.05) is 18.0 Å². The highest BCUT2D eigenvalue weighted by atomic mass is 79.9. The van der Waals surface area contributed by atoms with Gasteiger partial charge in [0.05, 0.1) is 4.47 Å². The molecule has 4 rings (SSSR count). The van der Waals surface area contributed by atoms with Gasteiger partial charge >= 0.3 is 0 Å². The Kier molecular flexibility index (Phi) is 5.01. The summed E-state index contributed by atoms with van der Waals surface area (Å²) in [4.78, 5) is 11.0. The number of aromatic nitrogens is 2. The van der Waals surface area contributed by atoms with Gasteiger partial charge in [0.2, 0.25) is 5.95 Å². The van der Waals surface area contributed by atoms with Crippen LogP contribution in [0.2, 0.25) is 0 Å². The molecule has 0 bridgehead atoms. The highest BCUT2D eigenvalue weighted by Crippen LogP contribution is 2.28. The maximum absolute atomic E-state index is 4.39. The van der Waals surface area contributed by atoms with E-state index < -0.39 is 0 Å². The van der Waals surface area contributed by atoms with Crippen LogP contribution in [0, 0.1) is 0 Å². The Morgan fingerprint density at radius 2 is 1.88 bits per heavy atom. The van der Waals surface area contributed by atoms with Gasteiger partial charge in [-0.2, -0.15) is 0 Å². The highest BCUT2D eigenvalue weighted by Gasteiger charge is 2.24. The Labute approximate surface area is 163 Å². The third kappa shape index (κ3) is 3.71. The highest BCUT2D eigenvalue weighted by molar-refractivity contribution is 9.11. The number of hydrogen-bond donors (Lipinski definition) is 1. The summed E-state index contributed by atoms with van der Waals surface area (Å²) in [6.45, 7) is 2.77. The number of benzene rings is 2. The minimum atomic E-state index is 0.450. The summed E-state index contributed by atoms with van der Waals surface area (Å²) in [5.41, 5.74) is 1.29. The van der Waals surface area contributed by atoms with E-state index in [9.17, 15) is 0 Å². The first kappa shape index (κ1) is 16.9. The number of fused-ring (bicyclic) bond motifs is 1. The maximum Gasteiger partial charge on any atom is 0.225 e. The van der Waals surface area contributed by atoms with Crippen LogP contribution in [-0.2, 0) is 6.54 Å². The van der Waals surface area contributed by atoms with Gasteiger partial charge in [-0.1, -0.05) is 36.4 Å². The number of rotatable bonds is 4. The fourth-order valence-corrected chi connectivity index (χ4v) is 4.09. The lowest BCUT2D eigenvalue weighted by Crippen LogP contribution is -2.32. The van der Waals surface area contributed by atoms with Crippen LogP contribution >= 0.6 is 31.9 Å². The van der Waals surface area contributed by atoms with Gasteiger partial charge in [0, 0.05) is 42.5 Å². The molecule has 0 aliphatic carbocycles. The first-order valence-corrected chi connectivity index (χ1v) is 9.91. The van der Waals surface area contributed by atoms with E-state index in [1.807, 2.05) is 0 Å². The molecule has 2 heterocycles. The second-order valence-corrected chi connectivity index (χ2v) is 7.98. The lowest BCUT2D eigenvalue weighted by Gasteiger charge is -2.17. The van der Waals surface area contributed by atoms with Crippen LogP contribution in [0.1, 0.15) is 12.0 Å². The average molecular weight is 462 g/mol. The number of anilines is 1. The van der Waals surface area contributed by atoms with Crippen molar-refractivity contribution >= 4 is 48.6 Å². The van der Waals surface area contributed by atoms with E-state index in [4.69, 9.17) is 0 Å². The zero-order valence-corrected chi connectivity index (χ0v) is 16.8. The minimum Gasteiger partial charge on any atom is -0.339 e. The van der Waals surface area contributed by atoms with Gasteiger partial charge < -0.3 is 10.2 Å². The minimum absolute atomic E-state index is 0.450. The Bertz CT molecular complexity index is 882. The summed E-state index contributed by atoms with van der Waals surface area (Å²) < 4.78 is 2.09. The van der Waals surface area contributed by atoms with Crippen molar-refractivity contribution in [1.29, 1.82) is 0 Å². The van der Waals surface area contributed by atoms with Crippen molar-refractivity contribution in [2.24, 2.45) is 0 Å². The second-order valence-electron chi connectivity index (χ2n) is 6.27. The van der Waals surface area contributed by atoms with Crippen LogP contribution in [0.15, 0.2) is 57.7 Å². The predicted octanol–water partition coefficient (Wildman–Crippen LogP) is 4.52. The number of hydrogen-bond acceptors (Lipinski definition) is 4. The van der Waals surface area contributed by atoms with Crippen molar-refractivity contribution in [1.82, 2.24) is 15.3 Å². The van der Waals surface area contributed by atoms with Crippen molar-refractivity contribution in [2.45, 2.75) is 19.0 Å². The summed E-state index contributed by atoms with van der Waals surface area (Å²) in [5, 5.41) is 6.20. The molecule has 2 aromatic carbocycles. The fraction of sp³-hybridized carbons (Fsp3) is 0.263. The maximum atomic E-state index is 4.39. The molecule has 1 aliphatic rings. The van der Waals surface area contributed by atoms with E-state index in [1.165, 1.54) is 20.8 Å². The first-order valence-electron chi connectivity index (χ1n) is 8.33. The molecule has 1 unspecified atom stereocenters. The van der Waals surface area contributed by atoms with E-state index in [2.05, 4.69) is 88.4 Å². The molecule has 1 fully saturated rings. The largest absolute Gasteiger partial charge is 0.339 e. The van der Waals surface area contributed by atoms with Gasteiger partial charge in [0.25, 0.3) is 0 Å². The quantitative estimate of drug-likeness (QED) is 0.619. The zero-order chi connectivity index (χ0) is 17.2. The first-order chi connectivity index (χ1) is 12.2. The van der Waals surface area contributed by atoms with Crippen LogP contribution in [0.3, 0.4) is 0 Å². The van der Waals surface area contributed by atoms with Crippen molar-refractivity contribution in [3.63, 3.8) is 0 Å². The molecule has 0 spiro atoms. The molecule has 1 N–H and O–H groups in total. The predicted molar refractivity (Wildman–Crippen MR) is 109 cm³/mol. The number of nitrogens with zero attached hydrogens (tertiary/aromatic N) is 3. The van der Waals surface area contributed by atoms with Gasteiger partial charge in [-0.25, -0.2) is 9.97 Å². The second kappa shape index (κ2) is 7.40. The fourth-order valence-electron chi connectivity index (χ4n) is 3.25. The van der Waals surface area contributed by atoms with Gasteiger partial charge in [0.1, 0.15) is 0 Å². The summed E-state index contributed by atoms with van der Waals surface area (Å²) in [7, 11) is 0. The Balaban J connectivity index is 1.41. The standard InChI is InChI=1S/C19H18Br2N4/c20-15-10-23-19(24-11-15)25-8-7-16(12-25)22-9-14-6-5-13-3-1-2-4-17(13)18(14)21/h1-6,10-11,16,22H,7-9,12H2. The number of halogens is 2. The van der Waals surface area contributed by atoms with Gasteiger partial charge in [-0.05, 0) is 54.6 Å². The van der Waals surface area contributed by atoms with E-state index in [0.717, 1.165) is 36.5 Å². The molecule has 3 aromatic rings. The SMILES string of the molecule is Brc1cnc(N2CCC(NCc3ccc4ccccc4c3Br)C2)nc1. The lowest BCUT2D eigenvalue weighted by atomic mass is 10.1. The van der Waals surface area contributed by atoms with Crippen molar-refractivity contribution < 1.29 is 0 Å². The average Bonchev–Trinajstić information content (AvgIpc) is 3.11.